The van der Waals surface area contributed by atoms with E-state index in [1.807, 2.05) is 6.92 Å². The normalized spacial score (nSPS) is 24.0. The lowest BCUT2D eigenvalue weighted by Gasteiger charge is -2.35. The minimum atomic E-state index is 0.283. The molecule has 0 N–H and O–H groups in total. The topological polar surface area (TPSA) is 45.4 Å². The van der Waals surface area contributed by atoms with E-state index in [0.29, 0.717) is 5.92 Å². The highest BCUT2D eigenvalue weighted by atomic mass is 16.6. The van der Waals surface area contributed by atoms with Gasteiger partial charge in [0.25, 0.3) is 0 Å². The third kappa shape index (κ3) is 2.57. The maximum Gasteiger partial charge on any atom is 0.122 e. The van der Waals surface area contributed by atoms with Gasteiger partial charge in [0.15, 0.2) is 0 Å². The van der Waals surface area contributed by atoms with Crippen molar-refractivity contribution in [1.82, 2.24) is 20.1 Å². The van der Waals surface area contributed by atoms with Gasteiger partial charge >= 0.3 is 0 Å². The average molecular weight is 252 g/mol. The summed E-state index contributed by atoms with van der Waals surface area (Å²) >= 11 is 0. The van der Waals surface area contributed by atoms with E-state index in [4.69, 9.17) is 4.63 Å². The molecule has 0 saturated carbocycles. The van der Waals surface area contributed by atoms with Gasteiger partial charge in [0.2, 0.25) is 0 Å². The van der Waals surface area contributed by atoms with Gasteiger partial charge in [-0.2, -0.15) is 0 Å². The van der Waals surface area contributed by atoms with Crippen molar-refractivity contribution in [1.29, 1.82) is 0 Å². The predicted octanol–water partition coefficient (Wildman–Crippen LogP) is 1.54. The molecule has 2 heterocycles. The van der Waals surface area contributed by atoms with Crippen LogP contribution in [-0.4, -0.2) is 52.8 Å². The molecule has 0 aromatic carbocycles. The molecule has 2 rings (SSSR count). The van der Waals surface area contributed by atoms with Gasteiger partial charge in [-0.1, -0.05) is 10.3 Å². The molecule has 0 amide bonds. The molecule has 0 bridgehead atoms. The van der Waals surface area contributed by atoms with Crippen LogP contribution in [0.1, 0.15) is 31.7 Å². The van der Waals surface area contributed by atoms with Gasteiger partial charge in [-0.15, -0.1) is 0 Å². The lowest BCUT2D eigenvalue weighted by molar-refractivity contribution is 0.139. The summed E-state index contributed by atoms with van der Waals surface area (Å²) < 4.78 is 4.74. The Hall–Kier alpha value is -0.940. The summed E-state index contributed by atoms with van der Waals surface area (Å²) in [4.78, 5) is 4.77. The van der Waals surface area contributed by atoms with E-state index in [0.717, 1.165) is 24.5 Å². The molecule has 1 atom stereocenters. The Morgan fingerprint density at radius 3 is 2.67 bits per heavy atom. The van der Waals surface area contributed by atoms with E-state index >= 15 is 0 Å². The number of aryl methyl sites for hydroxylation is 1. The fraction of sp³-hybridized carbons (Fsp3) is 0.846. The van der Waals surface area contributed by atoms with E-state index in [-0.39, 0.29) is 5.54 Å². The van der Waals surface area contributed by atoms with E-state index in [1.54, 1.807) is 0 Å². The van der Waals surface area contributed by atoms with Gasteiger partial charge in [-0.05, 0) is 53.8 Å². The molecule has 1 aliphatic rings. The molecule has 1 saturated heterocycles. The second-order valence-electron chi connectivity index (χ2n) is 6.05. The zero-order chi connectivity index (χ0) is 13.3. The van der Waals surface area contributed by atoms with Crippen LogP contribution >= 0.6 is 0 Å². The van der Waals surface area contributed by atoms with Crippen LogP contribution in [0.5, 0.6) is 0 Å². The predicted molar refractivity (Wildman–Crippen MR) is 70.2 cm³/mol. The van der Waals surface area contributed by atoms with Crippen LogP contribution in [0.3, 0.4) is 0 Å². The van der Waals surface area contributed by atoms with Gasteiger partial charge in [0, 0.05) is 18.6 Å². The Morgan fingerprint density at radius 2 is 2.17 bits per heavy atom. The highest BCUT2D eigenvalue weighted by Crippen LogP contribution is 2.33. The van der Waals surface area contributed by atoms with Crippen LogP contribution in [-0.2, 0) is 6.54 Å². The first kappa shape index (κ1) is 13.5. The summed E-state index contributed by atoms with van der Waals surface area (Å²) in [5, 5.41) is 7.76. The number of likely N-dealkylation sites (tertiary alicyclic amines) is 1. The molecule has 5 nitrogen and oxygen atoms in total. The standard InChI is InChI=1S/C13H24N4O/c1-10-12(15-18-14-10)9-16(4)8-11-6-7-17(5)13(11,2)3/h11H,6-9H2,1-5H3. The molecule has 5 heteroatoms. The van der Waals surface area contributed by atoms with Crippen molar-refractivity contribution in [3.63, 3.8) is 0 Å². The van der Waals surface area contributed by atoms with Crippen molar-refractivity contribution in [2.24, 2.45) is 5.92 Å². The maximum absolute atomic E-state index is 4.74. The SMILES string of the molecule is Cc1nonc1CN(C)CC1CCN(C)C1(C)C. The molecule has 1 aromatic heterocycles. The van der Waals surface area contributed by atoms with Crippen molar-refractivity contribution >= 4 is 0 Å². The number of aromatic nitrogens is 2. The quantitative estimate of drug-likeness (QED) is 0.813. The molecule has 1 unspecified atom stereocenters. The molecule has 1 aromatic rings. The Bertz CT molecular complexity index is 401. The van der Waals surface area contributed by atoms with Crippen LogP contribution in [0.15, 0.2) is 4.63 Å². The molecule has 1 aliphatic heterocycles. The first-order valence-electron chi connectivity index (χ1n) is 6.59. The number of rotatable bonds is 4. The zero-order valence-electron chi connectivity index (χ0n) is 12.1. The molecule has 102 valence electrons. The van der Waals surface area contributed by atoms with Crippen molar-refractivity contribution in [2.45, 2.75) is 39.3 Å². The maximum atomic E-state index is 4.74. The first-order valence-corrected chi connectivity index (χ1v) is 6.59. The van der Waals surface area contributed by atoms with Gasteiger partial charge in [0.05, 0.1) is 0 Å². The summed E-state index contributed by atoms with van der Waals surface area (Å²) in [5.74, 6) is 0.702. The van der Waals surface area contributed by atoms with Crippen LogP contribution in [0.4, 0.5) is 0 Å². The van der Waals surface area contributed by atoms with Crippen molar-refractivity contribution in [3.8, 4) is 0 Å². The zero-order valence-corrected chi connectivity index (χ0v) is 12.1. The van der Waals surface area contributed by atoms with Crippen LogP contribution < -0.4 is 0 Å². The Balaban J connectivity index is 1.92. The highest BCUT2D eigenvalue weighted by molar-refractivity contribution is 5.04. The van der Waals surface area contributed by atoms with Gasteiger partial charge in [0.1, 0.15) is 11.4 Å². The molecule has 0 aliphatic carbocycles. The Labute approximate surface area is 109 Å². The van der Waals surface area contributed by atoms with Crippen molar-refractivity contribution < 1.29 is 4.63 Å². The largest absolute Gasteiger partial charge is 0.301 e. The number of hydrogen-bond acceptors (Lipinski definition) is 5. The van der Waals surface area contributed by atoms with E-state index in [1.165, 1.54) is 13.0 Å². The minimum absolute atomic E-state index is 0.283. The Kier molecular flexibility index (Phi) is 3.73. The lowest BCUT2D eigenvalue weighted by atomic mass is 9.88. The molecule has 0 radical (unpaired) electrons. The van der Waals surface area contributed by atoms with Crippen LogP contribution in [0.2, 0.25) is 0 Å². The smallest absolute Gasteiger partial charge is 0.122 e. The third-order valence-electron chi connectivity index (χ3n) is 4.49. The van der Waals surface area contributed by atoms with Gasteiger partial charge in [-0.25, -0.2) is 4.63 Å². The fourth-order valence-corrected chi connectivity index (χ4v) is 2.71. The molecular formula is C13H24N4O. The Morgan fingerprint density at radius 1 is 1.44 bits per heavy atom. The van der Waals surface area contributed by atoms with Crippen molar-refractivity contribution in [2.75, 3.05) is 27.2 Å². The number of nitrogens with zero attached hydrogens (tertiary/aromatic N) is 4. The highest BCUT2D eigenvalue weighted by Gasteiger charge is 2.39. The van der Waals surface area contributed by atoms with E-state index in [2.05, 4.69) is 48.1 Å². The molecule has 1 fully saturated rings. The van der Waals surface area contributed by atoms with E-state index in [9.17, 15) is 0 Å². The fourth-order valence-electron chi connectivity index (χ4n) is 2.71. The second kappa shape index (κ2) is 4.97. The third-order valence-corrected chi connectivity index (χ3v) is 4.49. The average Bonchev–Trinajstić information content (AvgIpc) is 2.78. The van der Waals surface area contributed by atoms with Gasteiger partial charge in [-0.3, -0.25) is 4.90 Å². The van der Waals surface area contributed by atoms with Crippen molar-refractivity contribution in [3.05, 3.63) is 11.4 Å². The first-order chi connectivity index (χ1) is 8.41. The minimum Gasteiger partial charge on any atom is -0.301 e. The molecule has 0 spiro atoms. The molecular weight excluding hydrogens is 228 g/mol. The molecule has 18 heavy (non-hydrogen) atoms. The second-order valence-corrected chi connectivity index (χ2v) is 6.05. The summed E-state index contributed by atoms with van der Waals surface area (Å²) in [6.07, 6.45) is 1.27. The monoisotopic (exact) mass is 252 g/mol. The van der Waals surface area contributed by atoms with E-state index < -0.39 is 0 Å². The summed E-state index contributed by atoms with van der Waals surface area (Å²) in [6, 6.07) is 0. The summed E-state index contributed by atoms with van der Waals surface area (Å²) in [6.45, 7) is 9.70. The number of hydrogen-bond donors (Lipinski definition) is 0. The van der Waals surface area contributed by atoms with Crippen LogP contribution in [0.25, 0.3) is 0 Å². The van der Waals surface area contributed by atoms with Gasteiger partial charge < -0.3 is 4.90 Å². The summed E-state index contributed by atoms with van der Waals surface area (Å²) in [5.41, 5.74) is 2.12. The van der Waals surface area contributed by atoms with Crippen LogP contribution in [0, 0.1) is 12.8 Å². The summed E-state index contributed by atoms with van der Waals surface area (Å²) in [7, 11) is 4.36. The lowest BCUT2D eigenvalue weighted by Crippen LogP contribution is -2.43.